The quantitative estimate of drug-likeness (QED) is 0.662. The van der Waals surface area contributed by atoms with E-state index in [-0.39, 0.29) is 24.5 Å². The Balaban J connectivity index is 1.78. The second kappa shape index (κ2) is 8.94. The van der Waals surface area contributed by atoms with Gasteiger partial charge in [-0.15, -0.1) is 0 Å². The highest BCUT2D eigenvalue weighted by molar-refractivity contribution is 6.30. The summed E-state index contributed by atoms with van der Waals surface area (Å²) in [6.45, 7) is 3.70. The van der Waals surface area contributed by atoms with E-state index in [2.05, 4.69) is 16.2 Å². The van der Waals surface area contributed by atoms with Crippen LogP contribution in [0, 0.1) is 0 Å². The van der Waals surface area contributed by atoms with Gasteiger partial charge in [0.15, 0.2) is 0 Å². The van der Waals surface area contributed by atoms with Crippen LogP contribution in [0.2, 0.25) is 5.02 Å². The van der Waals surface area contributed by atoms with E-state index in [0.717, 1.165) is 0 Å². The van der Waals surface area contributed by atoms with Crippen molar-refractivity contribution in [2.24, 2.45) is 0 Å². The lowest BCUT2D eigenvalue weighted by molar-refractivity contribution is -0.119. The van der Waals surface area contributed by atoms with Crippen LogP contribution >= 0.6 is 11.6 Å². The highest BCUT2D eigenvalue weighted by Gasteiger charge is 2.08. The molecule has 0 saturated heterocycles. The number of rotatable bonds is 7. The first-order chi connectivity index (χ1) is 11.9. The second-order valence-corrected chi connectivity index (χ2v) is 5.99. The summed E-state index contributed by atoms with van der Waals surface area (Å²) in [5, 5.41) is 3.10. The number of carbonyl (C=O) groups is 2. The summed E-state index contributed by atoms with van der Waals surface area (Å²) in [7, 11) is 0. The van der Waals surface area contributed by atoms with E-state index < -0.39 is 0 Å². The summed E-state index contributed by atoms with van der Waals surface area (Å²) in [5.74, 6) is -0.0305. The molecule has 2 aromatic carbocycles. The van der Waals surface area contributed by atoms with Crippen LogP contribution in [0.5, 0.6) is 5.75 Å². The molecule has 132 valence electrons. The van der Waals surface area contributed by atoms with Gasteiger partial charge in [-0.1, -0.05) is 17.7 Å². The summed E-state index contributed by atoms with van der Waals surface area (Å²) >= 11 is 5.85. The predicted molar refractivity (Wildman–Crippen MR) is 97.8 cm³/mol. The van der Waals surface area contributed by atoms with Crippen LogP contribution in [0.25, 0.3) is 0 Å². The predicted octanol–water partition coefficient (Wildman–Crippen LogP) is 3.00. The van der Waals surface area contributed by atoms with Crippen molar-refractivity contribution >= 4 is 29.1 Å². The maximum absolute atomic E-state index is 12.0. The average Bonchev–Trinajstić information content (AvgIpc) is 2.58. The van der Waals surface area contributed by atoms with Crippen molar-refractivity contribution in [1.29, 1.82) is 0 Å². The zero-order valence-electron chi connectivity index (χ0n) is 14.0. The molecule has 0 heterocycles. The first-order valence-electron chi connectivity index (χ1n) is 7.79. The Bertz CT molecular complexity index is 733. The standard InChI is InChI=1S/C18H20ClN3O3/c1-12(2)25-16-8-6-13(7-9-16)18(24)20-11-17(23)22-21-15-5-3-4-14(19)10-15/h3-10,12,21H,11H2,1-2H3,(H,20,24)(H,22,23). The van der Waals surface area contributed by atoms with Crippen molar-refractivity contribution in [3.63, 3.8) is 0 Å². The molecule has 0 aromatic heterocycles. The van der Waals surface area contributed by atoms with E-state index in [1.807, 2.05) is 13.8 Å². The van der Waals surface area contributed by atoms with Crippen molar-refractivity contribution in [3.05, 3.63) is 59.1 Å². The van der Waals surface area contributed by atoms with E-state index in [1.54, 1.807) is 48.5 Å². The molecule has 2 rings (SSSR count). The third-order valence-electron chi connectivity index (χ3n) is 3.07. The third kappa shape index (κ3) is 6.35. The van der Waals surface area contributed by atoms with E-state index in [0.29, 0.717) is 22.0 Å². The van der Waals surface area contributed by atoms with Gasteiger partial charge >= 0.3 is 0 Å². The Morgan fingerprint density at radius 1 is 1.12 bits per heavy atom. The molecule has 0 saturated carbocycles. The maximum atomic E-state index is 12.0. The van der Waals surface area contributed by atoms with E-state index in [1.165, 1.54) is 0 Å². The number of nitrogens with one attached hydrogen (secondary N) is 3. The number of amides is 2. The normalized spacial score (nSPS) is 10.2. The van der Waals surface area contributed by atoms with Gasteiger partial charge in [0.2, 0.25) is 0 Å². The van der Waals surface area contributed by atoms with Gasteiger partial charge in [0.1, 0.15) is 5.75 Å². The Labute approximate surface area is 151 Å². The van der Waals surface area contributed by atoms with Gasteiger partial charge in [0.25, 0.3) is 11.8 Å². The minimum absolute atomic E-state index is 0.0652. The van der Waals surface area contributed by atoms with Crippen molar-refractivity contribution < 1.29 is 14.3 Å². The van der Waals surface area contributed by atoms with E-state index in [4.69, 9.17) is 16.3 Å². The van der Waals surface area contributed by atoms with Crippen LogP contribution < -0.4 is 20.9 Å². The number of benzene rings is 2. The Kier molecular flexibility index (Phi) is 6.65. The van der Waals surface area contributed by atoms with Gasteiger partial charge < -0.3 is 10.1 Å². The fourth-order valence-electron chi connectivity index (χ4n) is 1.97. The number of hydrogen-bond donors (Lipinski definition) is 3. The first-order valence-corrected chi connectivity index (χ1v) is 8.17. The molecule has 0 aliphatic carbocycles. The average molecular weight is 362 g/mol. The van der Waals surface area contributed by atoms with Crippen LogP contribution in [0.1, 0.15) is 24.2 Å². The van der Waals surface area contributed by atoms with E-state index >= 15 is 0 Å². The number of hydrogen-bond acceptors (Lipinski definition) is 4. The lowest BCUT2D eigenvalue weighted by Crippen LogP contribution is -2.39. The number of carbonyl (C=O) groups excluding carboxylic acids is 2. The third-order valence-corrected chi connectivity index (χ3v) is 3.30. The van der Waals surface area contributed by atoms with Gasteiger partial charge in [-0.25, -0.2) is 0 Å². The van der Waals surface area contributed by atoms with Crippen LogP contribution in [-0.2, 0) is 4.79 Å². The topological polar surface area (TPSA) is 79.5 Å². The van der Waals surface area contributed by atoms with Crippen molar-refractivity contribution in [1.82, 2.24) is 10.7 Å². The maximum Gasteiger partial charge on any atom is 0.257 e. The molecule has 0 aliphatic rings. The zero-order chi connectivity index (χ0) is 18.2. The zero-order valence-corrected chi connectivity index (χ0v) is 14.8. The van der Waals surface area contributed by atoms with Crippen LogP contribution in [0.4, 0.5) is 5.69 Å². The molecular weight excluding hydrogens is 342 g/mol. The summed E-state index contributed by atoms with van der Waals surface area (Å²) in [6.07, 6.45) is 0.0652. The number of ether oxygens (including phenoxy) is 1. The lowest BCUT2D eigenvalue weighted by Gasteiger charge is -2.11. The number of hydrazine groups is 1. The van der Waals surface area contributed by atoms with Gasteiger partial charge in [-0.2, -0.15) is 0 Å². The monoisotopic (exact) mass is 361 g/mol. The molecule has 0 spiro atoms. The minimum atomic E-state index is -0.381. The van der Waals surface area contributed by atoms with Crippen LogP contribution in [0.15, 0.2) is 48.5 Å². The molecule has 2 aromatic rings. The smallest absolute Gasteiger partial charge is 0.257 e. The largest absolute Gasteiger partial charge is 0.491 e. The minimum Gasteiger partial charge on any atom is -0.491 e. The Morgan fingerprint density at radius 2 is 1.84 bits per heavy atom. The SMILES string of the molecule is CC(C)Oc1ccc(C(=O)NCC(=O)NNc2cccc(Cl)c2)cc1. The second-order valence-electron chi connectivity index (χ2n) is 5.56. The highest BCUT2D eigenvalue weighted by atomic mass is 35.5. The Morgan fingerprint density at radius 3 is 2.48 bits per heavy atom. The molecule has 0 radical (unpaired) electrons. The van der Waals surface area contributed by atoms with Gasteiger partial charge in [-0.05, 0) is 56.3 Å². The molecule has 0 atom stereocenters. The molecule has 6 nitrogen and oxygen atoms in total. The molecule has 0 aliphatic heterocycles. The van der Waals surface area contributed by atoms with E-state index in [9.17, 15) is 9.59 Å². The van der Waals surface area contributed by atoms with Crippen molar-refractivity contribution in [3.8, 4) is 5.75 Å². The molecule has 0 fully saturated rings. The summed E-state index contributed by atoms with van der Waals surface area (Å²) in [6, 6.07) is 13.6. The van der Waals surface area contributed by atoms with Crippen LogP contribution in [0.3, 0.4) is 0 Å². The molecular formula is C18H20ClN3O3. The highest BCUT2D eigenvalue weighted by Crippen LogP contribution is 2.14. The van der Waals surface area contributed by atoms with Gasteiger partial charge in [0.05, 0.1) is 18.3 Å². The summed E-state index contributed by atoms with van der Waals surface area (Å²) in [5.41, 5.74) is 6.30. The lowest BCUT2D eigenvalue weighted by atomic mass is 10.2. The van der Waals surface area contributed by atoms with Gasteiger partial charge in [-0.3, -0.25) is 20.4 Å². The fraction of sp³-hybridized carbons (Fsp3) is 0.222. The van der Waals surface area contributed by atoms with Crippen molar-refractivity contribution in [2.45, 2.75) is 20.0 Å². The van der Waals surface area contributed by atoms with Crippen LogP contribution in [-0.4, -0.2) is 24.5 Å². The molecule has 0 unspecified atom stereocenters. The molecule has 3 N–H and O–H groups in total. The fourth-order valence-corrected chi connectivity index (χ4v) is 2.16. The molecule has 7 heteroatoms. The molecule has 0 bridgehead atoms. The Hall–Kier alpha value is -2.73. The molecule has 25 heavy (non-hydrogen) atoms. The summed E-state index contributed by atoms with van der Waals surface area (Å²) in [4.78, 5) is 23.8. The number of halogens is 1. The summed E-state index contributed by atoms with van der Waals surface area (Å²) < 4.78 is 5.52. The van der Waals surface area contributed by atoms with Crippen molar-refractivity contribution in [2.75, 3.05) is 12.0 Å². The molecule has 2 amide bonds. The van der Waals surface area contributed by atoms with Gasteiger partial charge in [0, 0.05) is 10.6 Å². The first kappa shape index (κ1) is 18.6. The number of anilines is 1.